The van der Waals surface area contributed by atoms with Gasteiger partial charge in [0.1, 0.15) is 32.5 Å². The van der Waals surface area contributed by atoms with E-state index in [9.17, 15) is 28.8 Å². The van der Waals surface area contributed by atoms with Gasteiger partial charge in [-0.1, -0.05) is 41.9 Å². The van der Waals surface area contributed by atoms with E-state index in [1.807, 2.05) is 38.0 Å². The molecule has 6 aromatic heterocycles. The van der Waals surface area contributed by atoms with Crippen molar-refractivity contribution < 1.29 is 28.8 Å². The molecule has 73 heavy (non-hydrogen) atoms. The Morgan fingerprint density at radius 3 is 1.19 bits per heavy atom. The van der Waals surface area contributed by atoms with Crippen LogP contribution in [0.2, 0.25) is 0 Å². The molecule has 0 aliphatic carbocycles. The van der Waals surface area contributed by atoms with E-state index in [0.29, 0.717) is 106 Å². The Bertz CT molecular complexity index is 2720. The maximum absolute atomic E-state index is 13.9. The Kier molecular flexibility index (Phi) is 19.1. The first kappa shape index (κ1) is 55.0. The third-order valence-corrected chi connectivity index (χ3v) is 13.7. The molecule has 0 atom stereocenters. The van der Waals surface area contributed by atoms with Crippen molar-refractivity contribution in [1.82, 2.24) is 48.7 Å². The van der Waals surface area contributed by atoms with Crippen molar-refractivity contribution in [3.8, 4) is 0 Å². The fourth-order valence-corrected chi connectivity index (χ4v) is 9.58. The van der Waals surface area contributed by atoms with Gasteiger partial charge in [0, 0.05) is 65.1 Å². The summed E-state index contributed by atoms with van der Waals surface area (Å²) in [6, 6.07) is 6.49. The second kappa shape index (κ2) is 25.4. The van der Waals surface area contributed by atoms with Gasteiger partial charge in [0.2, 0.25) is 0 Å². The average molecular weight is 1040 g/mol. The number of aryl methyl sites for hydroxylation is 6. The van der Waals surface area contributed by atoms with Gasteiger partial charge in [0.25, 0.3) is 35.4 Å². The van der Waals surface area contributed by atoms with Gasteiger partial charge in [-0.15, -0.1) is 0 Å². The second-order valence-corrected chi connectivity index (χ2v) is 20.5. The van der Waals surface area contributed by atoms with E-state index in [1.54, 1.807) is 95.3 Å². The molecule has 6 aromatic rings. The van der Waals surface area contributed by atoms with Crippen LogP contribution < -0.4 is 43.4 Å². The summed E-state index contributed by atoms with van der Waals surface area (Å²) < 4.78 is 6.93. The number of nitrogens with one attached hydrogen (secondary N) is 6. The van der Waals surface area contributed by atoms with Gasteiger partial charge in [-0.2, -0.15) is 0 Å². The van der Waals surface area contributed by atoms with Gasteiger partial charge in [-0.05, 0) is 105 Å². The maximum Gasteiger partial charge on any atom is 0.272 e. The molecule has 0 aromatic carbocycles. The number of rotatable bonds is 26. The Balaban J connectivity index is 1.09. The fraction of sp³-hybridized carbons (Fsp3) is 0.429. The number of thiazole rings is 2. The standard InChI is InChI=1S/C49H68N16O6S2/c1-30-40(72-48(50)54-30)46(70)58-34-24-38(44(68)56-32-22-36(62(7)26-32)42(66)52-16-14-18-60(3)4)64(28-34)20-12-10-9-11-13-21-65-29-35(59-47(71)41-31(2)55-49(51)73-41)25-39(65)45(69)57-33-23-37(63(8)27-33)43(67)53-17-15-19-61(5)6/h22-29H,9-21H2,1-8H3,(H2,50,54)(H2,51,55)(H,52,66)(H,53,67)(H,56,68)(H,57,69)(H,58,70)(H,59,71). The van der Waals surface area contributed by atoms with E-state index in [2.05, 4.69) is 41.9 Å². The predicted octanol–water partition coefficient (Wildman–Crippen LogP) is 5.68. The summed E-state index contributed by atoms with van der Waals surface area (Å²) in [7, 11) is 11.4. The second-order valence-electron chi connectivity index (χ2n) is 18.4. The molecule has 0 spiro atoms. The molecule has 0 aliphatic heterocycles. The summed E-state index contributed by atoms with van der Waals surface area (Å²) in [5, 5.41) is 18.0. The number of anilines is 6. The smallest absolute Gasteiger partial charge is 0.272 e. The Labute approximate surface area is 432 Å². The van der Waals surface area contributed by atoms with Crippen LogP contribution in [0.5, 0.6) is 0 Å². The number of nitrogens with zero attached hydrogens (tertiary/aromatic N) is 8. The minimum absolute atomic E-state index is 0.248. The Hall–Kier alpha value is -7.28. The molecule has 24 heteroatoms. The predicted molar refractivity (Wildman–Crippen MR) is 288 cm³/mol. The molecule has 0 saturated carbocycles. The molecular formula is C49H68N16O6S2. The highest BCUT2D eigenvalue weighted by Crippen LogP contribution is 2.26. The minimum atomic E-state index is -0.417. The van der Waals surface area contributed by atoms with E-state index in [0.717, 1.165) is 67.9 Å². The summed E-state index contributed by atoms with van der Waals surface area (Å²) in [6.07, 6.45) is 12.3. The van der Waals surface area contributed by atoms with Crippen molar-refractivity contribution in [1.29, 1.82) is 0 Å². The first-order chi connectivity index (χ1) is 34.8. The molecule has 10 N–H and O–H groups in total. The zero-order valence-electron chi connectivity index (χ0n) is 42.8. The minimum Gasteiger partial charge on any atom is -0.375 e. The van der Waals surface area contributed by atoms with Gasteiger partial charge in [-0.25, -0.2) is 9.97 Å². The summed E-state index contributed by atoms with van der Waals surface area (Å²) in [5.41, 5.74) is 15.9. The molecule has 22 nitrogen and oxygen atoms in total. The van der Waals surface area contributed by atoms with Crippen molar-refractivity contribution in [2.45, 2.75) is 71.9 Å². The van der Waals surface area contributed by atoms with Gasteiger partial charge in [0.15, 0.2) is 10.3 Å². The van der Waals surface area contributed by atoms with Crippen LogP contribution in [0.25, 0.3) is 0 Å². The lowest BCUT2D eigenvalue weighted by molar-refractivity contribution is 0.0936. The maximum atomic E-state index is 13.9. The normalized spacial score (nSPS) is 11.3. The topological polar surface area (TPSA) is 279 Å². The van der Waals surface area contributed by atoms with Crippen LogP contribution in [0.1, 0.15) is 118 Å². The largest absolute Gasteiger partial charge is 0.375 e. The van der Waals surface area contributed by atoms with Crippen molar-refractivity contribution in [2.75, 3.05) is 87.1 Å². The van der Waals surface area contributed by atoms with Gasteiger partial charge in [0.05, 0.1) is 34.1 Å². The summed E-state index contributed by atoms with van der Waals surface area (Å²) in [4.78, 5) is 93.4. The SMILES string of the molecule is Cc1nc(N)sc1C(=O)Nc1cc(C(=O)Nc2cc(C(=O)NCCCN(C)C)n(C)c2)n(CCCCCCCn2cc(NC(=O)c3sc(N)nc3C)cc2C(=O)Nc2cc(C(=O)NCCCN(C)C)n(C)c2)c1. The number of carbonyl (C=O) groups is 6. The van der Waals surface area contributed by atoms with E-state index in [1.165, 1.54) is 0 Å². The van der Waals surface area contributed by atoms with Crippen molar-refractivity contribution in [2.24, 2.45) is 14.1 Å². The number of hydrogen-bond acceptors (Lipinski definition) is 14. The highest BCUT2D eigenvalue weighted by molar-refractivity contribution is 7.17. The highest BCUT2D eigenvalue weighted by Gasteiger charge is 2.23. The van der Waals surface area contributed by atoms with E-state index in [4.69, 9.17) is 11.5 Å². The third-order valence-electron chi connectivity index (χ3n) is 11.7. The van der Waals surface area contributed by atoms with Crippen molar-refractivity contribution >= 4 is 91.1 Å². The number of unbranched alkanes of at least 4 members (excludes halogenated alkanes) is 4. The van der Waals surface area contributed by atoms with Crippen LogP contribution in [-0.2, 0) is 27.2 Å². The first-order valence-corrected chi connectivity index (χ1v) is 25.7. The first-order valence-electron chi connectivity index (χ1n) is 24.1. The van der Waals surface area contributed by atoms with Crippen LogP contribution in [0.3, 0.4) is 0 Å². The molecule has 6 amide bonds. The van der Waals surface area contributed by atoms with E-state index >= 15 is 0 Å². The lowest BCUT2D eigenvalue weighted by Crippen LogP contribution is -2.28. The number of carbonyl (C=O) groups excluding carboxylic acids is 6. The lowest BCUT2D eigenvalue weighted by Gasteiger charge is -2.10. The lowest BCUT2D eigenvalue weighted by atomic mass is 10.1. The van der Waals surface area contributed by atoms with Crippen molar-refractivity contribution in [3.05, 3.63) is 93.0 Å². The van der Waals surface area contributed by atoms with E-state index < -0.39 is 23.6 Å². The molecular weight excluding hydrogens is 973 g/mol. The quantitative estimate of drug-likeness (QED) is 0.0305. The van der Waals surface area contributed by atoms with Crippen LogP contribution in [0.15, 0.2) is 49.1 Å². The Morgan fingerprint density at radius 1 is 0.493 bits per heavy atom. The number of nitrogens with two attached hydrogens (primary N) is 2. The van der Waals surface area contributed by atoms with Gasteiger partial charge < -0.3 is 71.4 Å². The van der Waals surface area contributed by atoms with Crippen LogP contribution in [0.4, 0.5) is 33.0 Å². The molecule has 0 saturated heterocycles. The van der Waals surface area contributed by atoms with Crippen molar-refractivity contribution in [3.63, 3.8) is 0 Å². The fourth-order valence-electron chi connectivity index (χ4n) is 8.12. The van der Waals surface area contributed by atoms with Gasteiger partial charge >= 0.3 is 0 Å². The number of aromatic nitrogens is 6. The molecule has 0 fully saturated rings. The van der Waals surface area contributed by atoms with E-state index in [-0.39, 0.29) is 22.1 Å². The molecule has 6 rings (SSSR count). The average Bonchev–Trinajstić information content (AvgIpc) is 4.19. The molecule has 0 unspecified atom stereocenters. The number of hydrogen-bond donors (Lipinski definition) is 8. The Morgan fingerprint density at radius 2 is 0.836 bits per heavy atom. The highest BCUT2D eigenvalue weighted by atomic mass is 32.1. The van der Waals surface area contributed by atoms with Gasteiger partial charge in [-0.3, -0.25) is 28.8 Å². The zero-order chi connectivity index (χ0) is 52.9. The summed E-state index contributed by atoms with van der Waals surface area (Å²) in [5.74, 6) is -2.11. The summed E-state index contributed by atoms with van der Waals surface area (Å²) >= 11 is 2.16. The number of amides is 6. The molecule has 0 aliphatic rings. The van der Waals surface area contributed by atoms with Crippen LogP contribution in [0, 0.1) is 13.8 Å². The molecule has 6 heterocycles. The third kappa shape index (κ3) is 15.4. The molecule has 392 valence electrons. The molecule has 0 radical (unpaired) electrons. The van der Waals surface area contributed by atoms with Crippen LogP contribution in [-0.4, -0.2) is 128 Å². The zero-order valence-corrected chi connectivity index (χ0v) is 44.4. The number of nitrogen functional groups attached to an aromatic ring is 2. The monoisotopic (exact) mass is 1040 g/mol. The summed E-state index contributed by atoms with van der Waals surface area (Å²) in [6.45, 7) is 7.04. The molecule has 0 bridgehead atoms. The van der Waals surface area contributed by atoms with Crippen LogP contribution >= 0.6 is 22.7 Å².